The van der Waals surface area contributed by atoms with Crippen LogP contribution in [0.25, 0.3) is 0 Å². The summed E-state index contributed by atoms with van der Waals surface area (Å²) in [5.74, 6) is 1.71. The van der Waals surface area contributed by atoms with Gasteiger partial charge in [-0.3, -0.25) is 5.10 Å². The monoisotopic (exact) mass is 274 g/mol. The molecule has 0 aliphatic heterocycles. The van der Waals surface area contributed by atoms with Crippen molar-refractivity contribution >= 4 is 0 Å². The molecule has 0 radical (unpaired) electrons. The van der Waals surface area contributed by atoms with E-state index in [4.69, 9.17) is 4.74 Å². The number of hydrogen-bond acceptors (Lipinski definition) is 4. The highest BCUT2D eigenvalue weighted by atomic mass is 16.5. The van der Waals surface area contributed by atoms with Crippen LogP contribution in [0.4, 0.5) is 0 Å². The minimum Gasteiger partial charge on any atom is -0.491 e. The fourth-order valence-electron chi connectivity index (χ4n) is 2.03. The molecule has 1 atom stereocenters. The van der Waals surface area contributed by atoms with Crippen LogP contribution < -0.4 is 10.1 Å². The molecule has 2 rings (SSSR count). The van der Waals surface area contributed by atoms with Gasteiger partial charge in [0.05, 0.1) is 12.1 Å². The van der Waals surface area contributed by atoms with Crippen molar-refractivity contribution in [3.8, 4) is 5.75 Å². The van der Waals surface area contributed by atoms with Crippen LogP contribution in [-0.4, -0.2) is 27.8 Å². The van der Waals surface area contributed by atoms with E-state index < -0.39 is 0 Å². The summed E-state index contributed by atoms with van der Waals surface area (Å²) in [5.41, 5.74) is 1.14. The molecule has 1 aromatic carbocycles. The number of ether oxygens (including phenoxy) is 1. The van der Waals surface area contributed by atoms with Crippen LogP contribution in [0, 0.1) is 0 Å². The van der Waals surface area contributed by atoms with E-state index in [1.165, 1.54) is 6.33 Å². The van der Waals surface area contributed by atoms with E-state index in [0.717, 1.165) is 30.1 Å². The zero-order valence-corrected chi connectivity index (χ0v) is 12.3. The second-order valence-corrected chi connectivity index (χ2v) is 4.99. The molecule has 108 valence electrons. The number of aromatic nitrogens is 3. The lowest BCUT2D eigenvalue weighted by atomic mass is 10.1. The summed E-state index contributed by atoms with van der Waals surface area (Å²) in [6.45, 7) is 7.11. The van der Waals surface area contributed by atoms with E-state index in [0.29, 0.717) is 0 Å². The van der Waals surface area contributed by atoms with Crippen molar-refractivity contribution in [2.45, 2.75) is 39.3 Å². The SMILES string of the molecule is CCCNC(c1ccc(OC(C)C)cc1)c1ncn[nH]1. The minimum absolute atomic E-state index is 0.0329. The maximum atomic E-state index is 5.66. The summed E-state index contributed by atoms with van der Waals surface area (Å²) < 4.78 is 5.66. The molecule has 2 N–H and O–H groups in total. The van der Waals surface area contributed by atoms with Crippen molar-refractivity contribution in [1.29, 1.82) is 0 Å². The van der Waals surface area contributed by atoms with Crippen LogP contribution in [0.15, 0.2) is 30.6 Å². The predicted octanol–water partition coefficient (Wildman–Crippen LogP) is 2.68. The zero-order valence-electron chi connectivity index (χ0n) is 12.3. The summed E-state index contributed by atoms with van der Waals surface area (Å²) in [7, 11) is 0. The molecule has 0 aliphatic carbocycles. The smallest absolute Gasteiger partial charge is 0.145 e. The average Bonchev–Trinajstić information content (AvgIpc) is 2.94. The average molecular weight is 274 g/mol. The van der Waals surface area contributed by atoms with E-state index in [1.54, 1.807) is 0 Å². The van der Waals surface area contributed by atoms with Gasteiger partial charge in [-0.2, -0.15) is 5.10 Å². The standard InChI is InChI=1S/C15H22N4O/c1-4-9-16-14(15-17-10-18-19-15)12-5-7-13(8-6-12)20-11(2)3/h5-8,10-11,14,16H,4,9H2,1-3H3,(H,17,18,19). The molecule has 0 amide bonds. The third-order valence-electron chi connectivity index (χ3n) is 2.89. The molecule has 1 aromatic heterocycles. The van der Waals surface area contributed by atoms with E-state index in [2.05, 4.69) is 39.6 Å². The third kappa shape index (κ3) is 3.81. The van der Waals surface area contributed by atoms with Gasteiger partial charge in [-0.1, -0.05) is 19.1 Å². The van der Waals surface area contributed by atoms with Gasteiger partial charge in [0.2, 0.25) is 0 Å². The first kappa shape index (κ1) is 14.5. The van der Waals surface area contributed by atoms with Gasteiger partial charge in [-0.05, 0) is 44.5 Å². The van der Waals surface area contributed by atoms with Gasteiger partial charge in [-0.25, -0.2) is 4.98 Å². The quantitative estimate of drug-likeness (QED) is 0.815. The Balaban J connectivity index is 2.16. The van der Waals surface area contributed by atoms with Crippen molar-refractivity contribution in [2.24, 2.45) is 0 Å². The van der Waals surface area contributed by atoms with Crippen LogP contribution in [-0.2, 0) is 0 Å². The molecule has 0 saturated heterocycles. The highest BCUT2D eigenvalue weighted by molar-refractivity contribution is 5.31. The molecule has 1 heterocycles. The topological polar surface area (TPSA) is 62.8 Å². The van der Waals surface area contributed by atoms with Gasteiger partial charge in [0.25, 0.3) is 0 Å². The highest BCUT2D eigenvalue weighted by Crippen LogP contribution is 2.22. The second kappa shape index (κ2) is 7.05. The zero-order chi connectivity index (χ0) is 14.4. The molecule has 20 heavy (non-hydrogen) atoms. The molecule has 5 heteroatoms. The Kier molecular flexibility index (Phi) is 5.12. The van der Waals surface area contributed by atoms with Crippen LogP contribution in [0.1, 0.15) is 44.6 Å². The molecule has 0 aliphatic rings. The number of rotatable bonds is 7. The molecular formula is C15H22N4O. The molecule has 0 saturated carbocycles. The molecule has 0 bridgehead atoms. The Bertz CT molecular complexity index is 493. The van der Waals surface area contributed by atoms with Crippen molar-refractivity contribution in [3.05, 3.63) is 42.0 Å². The van der Waals surface area contributed by atoms with Crippen LogP contribution in [0.2, 0.25) is 0 Å². The summed E-state index contributed by atoms with van der Waals surface area (Å²) in [6.07, 6.45) is 2.79. The second-order valence-electron chi connectivity index (χ2n) is 4.99. The molecule has 1 unspecified atom stereocenters. The van der Waals surface area contributed by atoms with Gasteiger partial charge >= 0.3 is 0 Å². The van der Waals surface area contributed by atoms with E-state index in [-0.39, 0.29) is 12.1 Å². The first-order chi connectivity index (χ1) is 9.70. The lowest BCUT2D eigenvalue weighted by Gasteiger charge is -2.17. The Morgan fingerprint density at radius 1 is 1.25 bits per heavy atom. The van der Waals surface area contributed by atoms with Crippen molar-refractivity contribution in [1.82, 2.24) is 20.5 Å². The minimum atomic E-state index is 0.0329. The Hall–Kier alpha value is -1.88. The summed E-state index contributed by atoms with van der Waals surface area (Å²) >= 11 is 0. The van der Waals surface area contributed by atoms with E-state index in [9.17, 15) is 0 Å². The van der Waals surface area contributed by atoms with Crippen molar-refractivity contribution in [2.75, 3.05) is 6.54 Å². The van der Waals surface area contributed by atoms with Crippen LogP contribution in [0.3, 0.4) is 0 Å². The van der Waals surface area contributed by atoms with Gasteiger partial charge < -0.3 is 10.1 Å². The number of H-pyrrole nitrogens is 1. The number of nitrogens with zero attached hydrogens (tertiary/aromatic N) is 2. The van der Waals surface area contributed by atoms with Gasteiger partial charge in [-0.15, -0.1) is 0 Å². The van der Waals surface area contributed by atoms with Crippen LogP contribution in [0.5, 0.6) is 5.75 Å². The highest BCUT2D eigenvalue weighted by Gasteiger charge is 2.16. The summed E-state index contributed by atoms with van der Waals surface area (Å²) in [4.78, 5) is 4.26. The lowest BCUT2D eigenvalue weighted by Crippen LogP contribution is -2.24. The first-order valence-electron chi connectivity index (χ1n) is 7.06. The predicted molar refractivity (Wildman–Crippen MR) is 78.7 cm³/mol. The Morgan fingerprint density at radius 3 is 2.55 bits per heavy atom. The van der Waals surface area contributed by atoms with Crippen molar-refractivity contribution in [3.63, 3.8) is 0 Å². The van der Waals surface area contributed by atoms with Gasteiger partial charge in [0.1, 0.15) is 17.9 Å². The number of aromatic amines is 1. The Morgan fingerprint density at radius 2 is 2.00 bits per heavy atom. The number of benzene rings is 1. The van der Waals surface area contributed by atoms with E-state index >= 15 is 0 Å². The van der Waals surface area contributed by atoms with Gasteiger partial charge in [0.15, 0.2) is 0 Å². The van der Waals surface area contributed by atoms with Crippen LogP contribution >= 0.6 is 0 Å². The third-order valence-corrected chi connectivity index (χ3v) is 2.89. The molecule has 5 nitrogen and oxygen atoms in total. The normalized spacial score (nSPS) is 12.6. The first-order valence-corrected chi connectivity index (χ1v) is 7.06. The number of nitrogens with one attached hydrogen (secondary N) is 2. The molecule has 0 spiro atoms. The maximum absolute atomic E-state index is 5.66. The fourth-order valence-corrected chi connectivity index (χ4v) is 2.03. The van der Waals surface area contributed by atoms with E-state index in [1.807, 2.05) is 26.0 Å². The molecular weight excluding hydrogens is 252 g/mol. The summed E-state index contributed by atoms with van der Waals surface area (Å²) in [6, 6.07) is 8.14. The lowest BCUT2D eigenvalue weighted by molar-refractivity contribution is 0.242. The van der Waals surface area contributed by atoms with Crippen molar-refractivity contribution < 1.29 is 4.74 Å². The Labute approximate surface area is 119 Å². The maximum Gasteiger partial charge on any atom is 0.145 e. The summed E-state index contributed by atoms with van der Waals surface area (Å²) in [5, 5.41) is 10.3. The largest absolute Gasteiger partial charge is 0.491 e. The fraction of sp³-hybridized carbons (Fsp3) is 0.467. The number of hydrogen-bond donors (Lipinski definition) is 2. The molecule has 0 fully saturated rings. The molecule has 2 aromatic rings. The van der Waals surface area contributed by atoms with Gasteiger partial charge in [0, 0.05) is 0 Å².